The van der Waals surface area contributed by atoms with Gasteiger partial charge < -0.3 is 4.74 Å². The molecule has 1 saturated carbocycles. The molecule has 1 rings (SSSR count). The molecular formula is C13H24O. The van der Waals surface area contributed by atoms with Crippen molar-refractivity contribution >= 4 is 0 Å². The van der Waals surface area contributed by atoms with Crippen molar-refractivity contribution in [2.75, 3.05) is 7.11 Å². The van der Waals surface area contributed by atoms with Gasteiger partial charge in [-0.1, -0.05) is 45.8 Å². The fourth-order valence-corrected chi connectivity index (χ4v) is 2.38. The van der Waals surface area contributed by atoms with Crippen LogP contribution >= 0.6 is 0 Å². The van der Waals surface area contributed by atoms with Gasteiger partial charge in [0.2, 0.25) is 0 Å². The number of hydrogen-bond donors (Lipinski definition) is 0. The maximum absolute atomic E-state index is 5.71. The molecule has 1 aliphatic carbocycles. The Morgan fingerprint density at radius 2 is 2.07 bits per heavy atom. The van der Waals surface area contributed by atoms with Gasteiger partial charge in [-0.3, -0.25) is 0 Å². The second-order valence-electron chi connectivity index (χ2n) is 4.71. The van der Waals surface area contributed by atoms with Crippen molar-refractivity contribution in [1.82, 2.24) is 0 Å². The Kier molecular flexibility index (Phi) is 3.77. The van der Waals surface area contributed by atoms with Crippen LogP contribution in [0.2, 0.25) is 0 Å². The van der Waals surface area contributed by atoms with E-state index in [4.69, 9.17) is 4.74 Å². The van der Waals surface area contributed by atoms with Crippen LogP contribution in [0.25, 0.3) is 0 Å². The Bertz CT molecular complexity index is 209. The van der Waals surface area contributed by atoms with Crippen molar-refractivity contribution in [3.63, 3.8) is 0 Å². The summed E-state index contributed by atoms with van der Waals surface area (Å²) in [4.78, 5) is 0. The third-order valence-corrected chi connectivity index (χ3v) is 3.61. The first-order valence-electron chi connectivity index (χ1n) is 5.87. The van der Waals surface area contributed by atoms with E-state index in [0.717, 1.165) is 6.42 Å². The van der Waals surface area contributed by atoms with Crippen LogP contribution in [0.1, 0.15) is 52.9 Å². The molecule has 0 radical (unpaired) electrons. The Labute approximate surface area is 88.5 Å². The summed E-state index contributed by atoms with van der Waals surface area (Å²) in [7, 11) is 1.86. The molecule has 0 aromatic rings. The second-order valence-corrected chi connectivity index (χ2v) is 4.71. The third-order valence-electron chi connectivity index (χ3n) is 3.61. The van der Waals surface area contributed by atoms with E-state index in [1.807, 2.05) is 7.11 Å². The molecule has 0 saturated heterocycles. The summed E-state index contributed by atoms with van der Waals surface area (Å²) in [6, 6.07) is 0. The molecular weight excluding hydrogens is 172 g/mol. The van der Waals surface area contributed by atoms with Gasteiger partial charge >= 0.3 is 0 Å². The first kappa shape index (κ1) is 11.8. The molecule has 1 nitrogen and oxygen atoms in total. The number of rotatable bonds is 6. The molecule has 82 valence electrons. The van der Waals surface area contributed by atoms with E-state index in [0.29, 0.717) is 5.41 Å². The molecule has 0 bridgehead atoms. The first-order valence-corrected chi connectivity index (χ1v) is 5.87. The zero-order chi connectivity index (χ0) is 10.7. The van der Waals surface area contributed by atoms with Gasteiger partial charge in [-0.2, -0.15) is 0 Å². The quantitative estimate of drug-likeness (QED) is 0.585. The van der Waals surface area contributed by atoms with Gasteiger partial charge in [0.1, 0.15) is 0 Å². The van der Waals surface area contributed by atoms with E-state index in [-0.39, 0.29) is 5.60 Å². The number of methoxy groups -OCH3 is 1. The van der Waals surface area contributed by atoms with Gasteiger partial charge in [0.25, 0.3) is 0 Å². The zero-order valence-corrected chi connectivity index (χ0v) is 10.1. The fraction of sp³-hybridized carbons (Fsp3) is 0.846. The lowest BCUT2D eigenvalue weighted by Gasteiger charge is -2.19. The number of ether oxygens (including phenoxy) is 1. The standard InChI is InChI=1S/C13H24O/c1-5-7-9-12(3)11-13(12,14-4)10-8-6-2/h7,9H,5-6,8,10-11H2,1-4H3/b9-7+/t12-,13+/m0/s1. The highest BCUT2D eigenvalue weighted by atomic mass is 16.5. The highest BCUT2D eigenvalue weighted by molar-refractivity contribution is 5.23. The van der Waals surface area contributed by atoms with Crippen molar-refractivity contribution in [3.05, 3.63) is 12.2 Å². The van der Waals surface area contributed by atoms with E-state index in [2.05, 4.69) is 32.9 Å². The summed E-state index contributed by atoms with van der Waals surface area (Å²) in [6.45, 7) is 6.74. The molecule has 0 aromatic carbocycles. The lowest BCUT2D eigenvalue weighted by Crippen LogP contribution is -2.19. The van der Waals surface area contributed by atoms with E-state index in [9.17, 15) is 0 Å². The minimum atomic E-state index is 0.161. The van der Waals surface area contributed by atoms with Crippen molar-refractivity contribution in [1.29, 1.82) is 0 Å². The normalized spacial score (nSPS) is 36.6. The molecule has 0 aromatic heterocycles. The van der Waals surface area contributed by atoms with Gasteiger partial charge in [0.05, 0.1) is 5.60 Å². The molecule has 0 spiro atoms. The minimum Gasteiger partial charge on any atom is -0.377 e. The van der Waals surface area contributed by atoms with Crippen LogP contribution in [-0.4, -0.2) is 12.7 Å². The maximum Gasteiger partial charge on any atom is 0.0776 e. The van der Waals surface area contributed by atoms with Crippen LogP contribution in [0.4, 0.5) is 0 Å². The summed E-state index contributed by atoms with van der Waals surface area (Å²) < 4.78 is 5.71. The van der Waals surface area contributed by atoms with Crippen molar-refractivity contribution in [2.45, 2.75) is 58.5 Å². The summed E-state index contributed by atoms with van der Waals surface area (Å²) >= 11 is 0. The Balaban J connectivity index is 2.55. The van der Waals surface area contributed by atoms with Crippen molar-refractivity contribution in [3.8, 4) is 0 Å². The summed E-state index contributed by atoms with van der Waals surface area (Å²) in [5, 5.41) is 0. The molecule has 0 heterocycles. The lowest BCUT2D eigenvalue weighted by molar-refractivity contribution is 0.0456. The van der Waals surface area contributed by atoms with Crippen LogP contribution in [0.5, 0.6) is 0 Å². The minimum absolute atomic E-state index is 0.161. The smallest absolute Gasteiger partial charge is 0.0776 e. The second kappa shape index (κ2) is 4.48. The van der Waals surface area contributed by atoms with Crippen molar-refractivity contribution in [2.24, 2.45) is 5.41 Å². The Morgan fingerprint density at radius 1 is 1.36 bits per heavy atom. The van der Waals surface area contributed by atoms with E-state index < -0.39 is 0 Å². The predicted octanol–water partition coefficient (Wildman–Crippen LogP) is 3.94. The molecule has 1 fully saturated rings. The van der Waals surface area contributed by atoms with Crippen LogP contribution in [0.3, 0.4) is 0 Å². The Morgan fingerprint density at radius 3 is 2.57 bits per heavy atom. The van der Waals surface area contributed by atoms with Gasteiger partial charge in [-0.25, -0.2) is 0 Å². The molecule has 1 aliphatic rings. The fourth-order valence-electron chi connectivity index (χ4n) is 2.38. The molecule has 14 heavy (non-hydrogen) atoms. The van der Waals surface area contributed by atoms with Crippen LogP contribution in [0, 0.1) is 5.41 Å². The molecule has 0 amide bonds. The molecule has 0 unspecified atom stereocenters. The van der Waals surface area contributed by atoms with E-state index >= 15 is 0 Å². The maximum atomic E-state index is 5.71. The zero-order valence-electron chi connectivity index (χ0n) is 10.1. The summed E-state index contributed by atoms with van der Waals surface area (Å²) in [5.41, 5.74) is 0.474. The van der Waals surface area contributed by atoms with Crippen LogP contribution < -0.4 is 0 Å². The number of hydrogen-bond acceptors (Lipinski definition) is 1. The van der Waals surface area contributed by atoms with Gasteiger partial charge in [0, 0.05) is 12.5 Å². The van der Waals surface area contributed by atoms with Crippen LogP contribution in [0.15, 0.2) is 12.2 Å². The van der Waals surface area contributed by atoms with E-state index in [1.165, 1.54) is 25.7 Å². The predicted molar refractivity (Wildman–Crippen MR) is 61.4 cm³/mol. The SMILES string of the molecule is CC/C=C/[C@@]1(C)C[C@@]1(CCCC)OC. The van der Waals surface area contributed by atoms with Gasteiger partial charge in [-0.15, -0.1) is 0 Å². The third kappa shape index (κ3) is 2.03. The molecule has 1 heteroatoms. The monoisotopic (exact) mass is 196 g/mol. The average molecular weight is 196 g/mol. The first-order chi connectivity index (χ1) is 6.64. The highest BCUT2D eigenvalue weighted by Gasteiger charge is 2.62. The lowest BCUT2D eigenvalue weighted by atomic mass is 9.98. The van der Waals surface area contributed by atoms with E-state index in [1.54, 1.807) is 0 Å². The average Bonchev–Trinajstić information content (AvgIpc) is 2.79. The molecule has 0 aliphatic heterocycles. The van der Waals surface area contributed by atoms with Gasteiger partial charge in [0.15, 0.2) is 0 Å². The molecule has 2 atom stereocenters. The summed E-state index contributed by atoms with van der Waals surface area (Å²) in [5.74, 6) is 0. The summed E-state index contributed by atoms with van der Waals surface area (Å²) in [6.07, 6.45) is 10.7. The van der Waals surface area contributed by atoms with Crippen LogP contribution in [-0.2, 0) is 4.74 Å². The topological polar surface area (TPSA) is 9.23 Å². The molecule has 0 N–H and O–H groups in total. The Hall–Kier alpha value is -0.300. The highest BCUT2D eigenvalue weighted by Crippen LogP contribution is 2.61. The number of unbranched alkanes of at least 4 members (excludes halogenated alkanes) is 1. The largest absolute Gasteiger partial charge is 0.377 e. The van der Waals surface area contributed by atoms with Gasteiger partial charge in [-0.05, 0) is 19.3 Å². The number of allylic oxidation sites excluding steroid dienone is 1. The van der Waals surface area contributed by atoms with Crippen molar-refractivity contribution < 1.29 is 4.74 Å².